The molecule has 0 spiro atoms. The Bertz CT molecular complexity index is 430. The molecule has 0 aliphatic carbocycles. The Morgan fingerprint density at radius 3 is 2.93 bits per heavy atom. The summed E-state index contributed by atoms with van der Waals surface area (Å²) in [5.74, 6) is 0.689. The molecule has 2 nitrogen and oxygen atoms in total. The van der Waals surface area contributed by atoms with Crippen LogP contribution < -0.4 is 0 Å². The number of ether oxygens (including phenoxy) is 1. The lowest BCUT2D eigenvalue weighted by molar-refractivity contribution is 0.328. The number of rotatable bonds is 1. The minimum Gasteiger partial charge on any atom is -0.478 e. The highest BCUT2D eigenvalue weighted by atomic mass is 16.5. The van der Waals surface area contributed by atoms with Crippen LogP contribution in [0.3, 0.4) is 0 Å². The van der Waals surface area contributed by atoms with Gasteiger partial charge in [-0.1, -0.05) is 30.4 Å². The van der Waals surface area contributed by atoms with Crippen LogP contribution in [0.5, 0.6) is 0 Å². The van der Waals surface area contributed by atoms with Gasteiger partial charge in [-0.15, -0.1) is 0 Å². The second kappa shape index (κ2) is 4.60. The summed E-state index contributed by atoms with van der Waals surface area (Å²) < 4.78 is 5.51. The first-order chi connectivity index (χ1) is 7.42. The molecule has 0 N–H and O–H groups in total. The van der Waals surface area contributed by atoms with Gasteiger partial charge in [-0.05, 0) is 24.6 Å². The molecule has 0 radical (unpaired) electrons. The van der Waals surface area contributed by atoms with Crippen LogP contribution in [-0.2, 0) is 4.74 Å². The first-order valence-corrected chi connectivity index (χ1v) is 5.05. The zero-order valence-corrected chi connectivity index (χ0v) is 8.68. The maximum absolute atomic E-state index is 5.51. The third kappa shape index (κ3) is 2.15. The first-order valence-electron chi connectivity index (χ1n) is 5.05. The highest BCUT2D eigenvalue weighted by molar-refractivity contribution is 5.98. The summed E-state index contributed by atoms with van der Waals surface area (Å²) in [6, 6.07) is 8.08. The number of fused-ring (bicyclic) bond motifs is 1. The topological polar surface area (TPSA) is 21.6 Å². The van der Waals surface area contributed by atoms with E-state index in [0.717, 1.165) is 11.1 Å². The standard InChI is InChI=1S/C13H13NO/c1-2-15-13-12-9-4-3-7-11(12)8-5-6-10-14-13/h3-10H,2H2,1H3/b6-5?,8-5-,10-6-,11-8?,13-12?,14-10?,14-13?. The second-order valence-corrected chi connectivity index (χ2v) is 3.16. The molecule has 76 valence electrons. The average molecular weight is 199 g/mol. The molecule has 15 heavy (non-hydrogen) atoms. The van der Waals surface area contributed by atoms with E-state index in [2.05, 4.69) is 17.1 Å². The van der Waals surface area contributed by atoms with Crippen molar-refractivity contribution in [3.05, 3.63) is 53.7 Å². The summed E-state index contributed by atoms with van der Waals surface area (Å²) in [5.41, 5.74) is 2.18. The van der Waals surface area contributed by atoms with Gasteiger partial charge in [0, 0.05) is 11.8 Å². The molecule has 0 bridgehead atoms. The molecule has 1 aliphatic heterocycles. The summed E-state index contributed by atoms with van der Waals surface area (Å²) in [6.45, 7) is 2.59. The van der Waals surface area contributed by atoms with Gasteiger partial charge in [0.25, 0.3) is 0 Å². The fraction of sp³-hybridized carbons (Fsp3) is 0.154. The third-order valence-electron chi connectivity index (χ3n) is 2.14. The van der Waals surface area contributed by atoms with E-state index in [1.807, 2.05) is 37.3 Å². The summed E-state index contributed by atoms with van der Waals surface area (Å²) in [6.07, 6.45) is 7.68. The molecular weight excluding hydrogens is 186 g/mol. The highest BCUT2D eigenvalue weighted by Gasteiger charge is 2.07. The lowest BCUT2D eigenvalue weighted by atomic mass is 10.1. The molecule has 2 heteroatoms. The molecule has 1 heterocycles. The smallest absolute Gasteiger partial charge is 0.221 e. The molecule has 2 rings (SSSR count). The Balaban J connectivity index is 2.48. The Hall–Kier alpha value is -1.83. The molecule has 1 aromatic carbocycles. The van der Waals surface area contributed by atoms with Gasteiger partial charge in [0.15, 0.2) is 0 Å². The quantitative estimate of drug-likeness (QED) is 0.681. The molecule has 0 saturated heterocycles. The predicted molar refractivity (Wildman–Crippen MR) is 62.8 cm³/mol. The zero-order valence-electron chi connectivity index (χ0n) is 8.68. The SMILES string of the molecule is CCOC1=N/C=C\C=C/c2ccccc21. The minimum atomic E-state index is 0.630. The Kier molecular flexibility index (Phi) is 2.98. The minimum absolute atomic E-state index is 0.630. The molecule has 0 fully saturated rings. The largest absolute Gasteiger partial charge is 0.478 e. The Morgan fingerprint density at radius 2 is 2.07 bits per heavy atom. The van der Waals surface area contributed by atoms with E-state index in [4.69, 9.17) is 4.74 Å². The molecule has 1 aromatic rings. The van der Waals surface area contributed by atoms with Crippen molar-refractivity contribution in [1.82, 2.24) is 0 Å². The van der Waals surface area contributed by atoms with Gasteiger partial charge in [-0.2, -0.15) is 0 Å². The van der Waals surface area contributed by atoms with Crippen LogP contribution in [0.2, 0.25) is 0 Å². The van der Waals surface area contributed by atoms with E-state index < -0.39 is 0 Å². The van der Waals surface area contributed by atoms with Crippen LogP contribution in [-0.4, -0.2) is 12.5 Å². The zero-order chi connectivity index (χ0) is 10.5. The maximum atomic E-state index is 5.51. The van der Waals surface area contributed by atoms with Crippen molar-refractivity contribution in [2.24, 2.45) is 4.99 Å². The van der Waals surface area contributed by atoms with Crippen molar-refractivity contribution in [3.63, 3.8) is 0 Å². The van der Waals surface area contributed by atoms with E-state index >= 15 is 0 Å². The molecule has 0 aromatic heterocycles. The van der Waals surface area contributed by atoms with Gasteiger partial charge in [-0.25, -0.2) is 4.99 Å². The van der Waals surface area contributed by atoms with Crippen LogP contribution in [0.4, 0.5) is 0 Å². The van der Waals surface area contributed by atoms with Crippen molar-refractivity contribution in [1.29, 1.82) is 0 Å². The van der Waals surface area contributed by atoms with E-state index in [9.17, 15) is 0 Å². The van der Waals surface area contributed by atoms with Crippen molar-refractivity contribution in [2.75, 3.05) is 6.61 Å². The molecular formula is C13H13NO. The van der Waals surface area contributed by atoms with Crippen molar-refractivity contribution in [3.8, 4) is 0 Å². The second-order valence-electron chi connectivity index (χ2n) is 3.16. The number of hydrogen-bond acceptors (Lipinski definition) is 2. The highest BCUT2D eigenvalue weighted by Crippen LogP contribution is 2.14. The van der Waals surface area contributed by atoms with Crippen molar-refractivity contribution >= 4 is 12.0 Å². The number of hydrogen-bond donors (Lipinski definition) is 0. The fourth-order valence-electron chi connectivity index (χ4n) is 1.48. The normalized spacial score (nSPS) is 18.1. The van der Waals surface area contributed by atoms with Crippen LogP contribution in [0, 0.1) is 0 Å². The molecule has 0 unspecified atom stereocenters. The van der Waals surface area contributed by atoms with Crippen LogP contribution >= 0.6 is 0 Å². The molecule has 1 aliphatic rings. The van der Waals surface area contributed by atoms with Gasteiger partial charge >= 0.3 is 0 Å². The summed E-state index contributed by atoms with van der Waals surface area (Å²) in [7, 11) is 0. The van der Waals surface area contributed by atoms with E-state index in [-0.39, 0.29) is 0 Å². The maximum Gasteiger partial charge on any atom is 0.221 e. The Labute approximate surface area is 89.6 Å². The first kappa shape index (κ1) is 9.71. The molecule has 0 amide bonds. The van der Waals surface area contributed by atoms with Gasteiger partial charge in [0.05, 0.1) is 6.61 Å². The lowest BCUT2D eigenvalue weighted by Gasteiger charge is -2.10. The number of aliphatic imine (C=N–C) groups is 1. The summed E-state index contributed by atoms with van der Waals surface area (Å²) in [4.78, 5) is 4.28. The number of allylic oxidation sites excluding steroid dienone is 2. The van der Waals surface area contributed by atoms with Gasteiger partial charge < -0.3 is 4.74 Å². The monoisotopic (exact) mass is 199 g/mol. The lowest BCUT2D eigenvalue weighted by Crippen LogP contribution is -2.08. The van der Waals surface area contributed by atoms with Crippen molar-refractivity contribution in [2.45, 2.75) is 6.92 Å². The van der Waals surface area contributed by atoms with Gasteiger partial charge in [-0.3, -0.25) is 0 Å². The predicted octanol–water partition coefficient (Wildman–Crippen LogP) is 3.01. The van der Waals surface area contributed by atoms with Crippen LogP contribution in [0.1, 0.15) is 18.1 Å². The van der Waals surface area contributed by atoms with Crippen LogP contribution in [0.15, 0.2) is 47.6 Å². The molecule has 0 atom stereocenters. The molecule has 0 saturated carbocycles. The van der Waals surface area contributed by atoms with Crippen LogP contribution in [0.25, 0.3) is 6.08 Å². The van der Waals surface area contributed by atoms with E-state index in [1.54, 1.807) is 6.20 Å². The Morgan fingerprint density at radius 1 is 1.20 bits per heavy atom. The van der Waals surface area contributed by atoms with Gasteiger partial charge in [0.2, 0.25) is 5.90 Å². The number of nitrogens with zero attached hydrogens (tertiary/aromatic N) is 1. The van der Waals surface area contributed by atoms with Gasteiger partial charge in [0.1, 0.15) is 0 Å². The number of benzene rings is 1. The summed E-state index contributed by atoms with van der Waals surface area (Å²) >= 11 is 0. The third-order valence-corrected chi connectivity index (χ3v) is 2.14. The van der Waals surface area contributed by atoms with E-state index in [1.165, 1.54) is 0 Å². The summed E-state index contributed by atoms with van der Waals surface area (Å²) in [5, 5.41) is 0. The van der Waals surface area contributed by atoms with E-state index in [0.29, 0.717) is 12.5 Å². The van der Waals surface area contributed by atoms with Crippen molar-refractivity contribution < 1.29 is 4.74 Å². The fourth-order valence-corrected chi connectivity index (χ4v) is 1.48. The average Bonchev–Trinajstić information content (AvgIpc) is 2.24.